The largest absolute Gasteiger partial charge is 0.462 e. The number of benzene rings is 1. The van der Waals surface area contributed by atoms with Crippen LogP contribution in [0, 0.1) is 6.92 Å². The van der Waals surface area contributed by atoms with Gasteiger partial charge in [-0.3, -0.25) is 4.79 Å². The topological polar surface area (TPSA) is 68.5 Å². The van der Waals surface area contributed by atoms with Gasteiger partial charge in [-0.15, -0.1) is 0 Å². The molecule has 5 nitrogen and oxygen atoms in total. The summed E-state index contributed by atoms with van der Waals surface area (Å²) in [5, 5.41) is 2.66. The number of ether oxygens (including phenoxy) is 1. The van der Waals surface area contributed by atoms with Gasteiger partial charge in [0.1, 0.15) is 11.5 Å². The zero-order chi connectivity index (χ0) is 15.9. The van der Waals surface area contributed by atoms with Crippen LogP contribution in [0.2, 0.25) is 0 Å². The average molecular weight is 299 g/mol. The first-order valence-electron chi connectivity index (χ1n) is 6.92. The molecule has 0 saturated heterocycles. The van der Waals surface area contributed by atoms with Crippen LogP contribution in [0.25, 0.3) is 6.08 Å². The second-order valence-corrected chi connectivity index (χ2v) is 4.54. The lowest BCUT2D eigenvalue weighted by Gasteiger charge is -2.08. The molecule has 1 aromatic carbocycles. The van der Waals surface area contributed by atoms with E-state index in [2.05, 4.69) is 5.32 Å². The molecule has 2 aromatic rings. The van der Waals surface area contributed by atoms with E-state index in [0.717, 1.165) is 5.76 Å². The van der Waals surface area contributed by atoms with Gasteiger partial charge >= 0.3 is 5.97 Å². The highest BCUT2D eigenvalue weighted by molar-refractivity contribution is 6.06. The van der Waals surface area contributed by atoms with Crippen molar-refractivity contribution in [3.63, 3.8) is 0 Å². The van der Waals surface area contributed by atoms with Crippen molar-refractivity contribution in [2.24, 2.45) is 0 Å². The van der Waals surface area contributed by atoms with Crippen molar-refractivity contribution >= 4 is 23.6 Å². The van der Waals surface area contributed by atoms with E-state index < -0.39 is 5.97 Å². The molecule has 0 atom stereocenters. The Bertz CT molecular complexity index is 700. The Hall–Kier alpha value is -2.82. The number of rotatable bonds is 5. The summed E-state index contributed by atoms with van der Waals surface area (Å²) < 4.78 is 10.3. The molecule has 0 radical (unpaired) electrons. The molecule has 114 valence electrons. The van der Waals surface area contributed by atoms with E-state index in [1.165, 1.54) is 6.08 Å². The van der Waals surface area contributed by atoms with Crippen LogP contribution in [0.4, 0.5) is 5.69 Å². The first-order chi connectivity index (χ1) is 10.6. The van der Waals surface area contributed by atoms with Gasteiger partial charge < -0.3 is 14.5 Å². The first kappa shape index (κ1) is 15.6. The maximum Gasteiger partial charge on any atom is 0.340 e. The van der Waals surface area contributed by atoms with Crippen LogP contribution in [0.1, 0.15) is 28.8 Å². The van der Waals surface area contributed by atoms with Gasteiger partial charge in [-0.25, -0.2) is 4.79 Å². The van der Waals surface area contributed by atoms with Crippen molar-refractivity contribution in [3.8, 4) is 0 Å². The average Bonchev–Trinajstić information content (AvgIpc) is 2.91. The second kappa shape index (κ2) is 7.26. The van der Waals surface area contributed by atoms with Gasteiger partial charge in [0.15, 0.2) is 0 Å². The van der Waals surface area contributed by atoms with E-state index in [-0.39, 0.29) is 12.5 Å². The van der Waals surface area contributed by atoms with Gasteiger partial charge in [0, 0.05) is 6.08 Å². The van der Waals surface area contributed by atoms with Crippen molar-refractivity contribution in [3.05, 3.63) is 59.6 Å². The van der Waals surface area contributed by atoms with Gasteiger partial charge in [-0.1, -0.05) is 12.1 Å². The summed E-state index contributed by atoms with van der Waals surface area (Å²) in [4.78, 5) is 23.8. The van der Waals surface area contributed by atoms with Gasteiger partial charge in [0.25, 0.3) is 0 Å². The number of esters is 1. The molecule has 0 saturated carbocycles. The Morgan fingerprint density at radius 1 is 1.23 bits per heavy atom. The molecule has 0 aliphatic heterocycles. The normalized spacial score (nSPS) is 10.6. The van der Waals surface area contributed by atoms with Crippen molar-refractivity contribution in [2.45, 2.75) is 13.8 Å². The van der Waals surface area contributed by atoms with Crippen LogP contribution < -0.4 is 5.32 Å². The highest BCUT2D eigenvalue weighted by Crippen LogP contribution is 2.16. The van der Waals surface area contributed by atoms with Crippen molar-refractivity contribution in [1.29, 1.82) is 0 Å². The van der Waals surface area contributed by atoms with E-state index in [1.807, 2.05) is 13.0 Å². The maximum atomic E-state index is 11.9. The first-order valence-corrected chi connectivity index (χ1v) is 6.92. The lowest BCUT2D eigenvalue weighted by atomic mass is 10.2. The lowest BCUT2D eigenvalue weighted by Crippen LogP contribution is -2.13. The Kier molecular flexibility index (Phi) is 5.14. The summed E-state index contributed by atoms with van der Waals surface area (Å²) >= 11 is 0. The molecule has 22 heavy (non-hydrogen) atoms. The molecule has 5 heteroatoms. The minimum Gasteiger partial charge on any atom is -0.462 e. The molecule has 1 aromatic heterocycles. The summed E-state index contributed by atoms with van der Waals surface area (Å²) in [6, 6.07) is 10.3. The monoisotopic (exact) mass is 299 g/mol. The Morgan fingerprint density at radius 3 is 2.68 bits per heavy atom. The smallest absolute Gasteiger partial charge is 0.340 e. The number of para-hydroxylation sites is 1. The summed E-state index contributed by atoms with van der Waals surface area (Å²) in [6.45, 7) is 3.83. The summed E-state index contributed by atoms with van der Waals surface area (Å²) in [6.07, 6.45) is 2.91. The molecular formula is C17H17NO4. The highest BCUT2D eigenvalue weighted by Gasteiger charge is 2.12. The number of hydrogen-bond donors (Lipinski definition) is 1. The molecule has 0 spiro atoms. The second-order valence-electron chi connectivity index (χ2n) is 4.54. The minimum atomic E-state index is -0.468. The van der Waals surface area contributed by atoms with Gasteiger partial charge in [0.05, 0.1) is 17.9 Å². The van der Waals surface area contributed by atoms with Crippen LogP contribution in [0.15, 0.2) is 46.9 Å². The minimum absolute atomic E-state index is 0.277. The Balaban J connectivity index is 2.08. The highest BCUT2D eigenvalue weighted by atomic mass is 16.5. The molecule has 1 amide bonds. The molecule has 0 bridgehead atoms. The van der Waals surface area contributed by atoms with Gasteiger partial charge in [-0.05, 0) is 44.2 Å². The van der Waals surface area contributed by atoms with Crippen LogP contribution >= 0.6 is 0 Å². The molecule has 2 rings (SSSR count). The predicted molar refractivity (Wildman–Crippen MR) is 83.5 cm³/mol. The zero-order valence-corrected chi connectivity index (χ0v) is 12.5. The van der Waals surface area contributed by atoms with E-state index in [9.17, 15) is 9.59 Å². The quantitative estimate of drug-likeness (QED) is 0.678. The van der Waals surface area contributed by atoms with Crippen LogP contribution in [0.5, 0.6) is 0 Å². The van der Waals surface area contributed by atoms with E-state index in [1.54, 1.807) is 43.3 Å². The number of nitrogens with one attached hydrogen (secondary N) is 1. The molecule has 0 fully saturated rings. The number of aryl methyl sites for hydroxylation is 1. The third-order valence-electron chi connectivity index (χ3n) is 2.84. The Morgan fingerprint density at radius 2 is 2.00 bits per heavy atom. The van der Waals surface area contributed by atoms with E-state index in [0.29, 0.717) is 17.0 Å². The SMILES string of the molecule is CCOC(=O)c1ccccc1NC(=O)C=Cc1ccc(C)o1. The fraction of sp³-hybridized carbons (Fsp3) is 0.176. The van der Waals surface area contributed by atoms with Crippen LogP contribution in [-0.4, -0.2) is 18.5 Å². The number of furan rings is 1. The van der Waals surface area contributed by atoms with Crippen molar-refractivity contribution in [2.75, 3.05) is 11.9 Å². The zero-order valence-electron chi connectivity index (χ0n) is 12.5. The molecule has 1 heterocycles. The molecule has 0 aliphatic carbocycles. The summed E-state index contributed by atoms with van der Waals surface area (Å²) in [7, 11) is 0. The predicted octanol–water partition coefficient (Wildman–Crippen LogP) is 3.42. The standard InChI is InChI=1S/C17H17NO4/c1-3-21-17(20)14-6-4-5-7-15(14)18-16(19)11-10-13-9-8-12(2)22-13/h4-11H,3H2,1-2H3,(H,18,19). The summed E-state index contributed by atoms with van der Waals surface area (Å²) in [5.41, 5.74) is 0.728. The fourth-order valence-electron chi connectivity index (χ4n) is 1.85. The number of amides is 1. The molecule has 0 aliphatic rings. The number of carbonyl (C=O) groups is 2. The van der Waals surface area contributed by atoms with Gasteiger partial charge in [-0.2, -0.15) is 0 Å². The van der Waals surface area contributed by atoms with Gasteiger partial charge in [0.2, 0.25) is 5.91 Å². The van der Waals surface area contributed by atoms with Crippen molar-refractivity contribution < 1.29 is 18.7 Å². The number of hydrogen-bond acceptors (Lipinski definition) is 4. The molecule has 1 N–H and O–H groups in total. The van der Waals surface area contributed by atoms with Crippen molar-refractivity contribution in [1.82, 2.24) is 0 Å². The third kappa shape index (κ3) is 4.09. The maximum absolute atomic E-state index is 11.9. The third-order valence-corrected chi connectivity index (χ3v) is 2.84. The summed E-state index contributed by atoms with van der Waals surface area (Å²) in [5.74, 6) is 0.536. The fourth-order valence-corrected chi connectivity index (χ4v) is 1.85. The van der Waals surface area contributed by atoms with E-state index >= 15 is 0 Å². The number of carbonyl (C=O) groups excluding carboxylic acids is 2. The van der Waals surface area contributed by atoms with E-state index in [4.69, 9.17) is 9.15 Å². The van der Waals surface area contributed by atoms with Crippen LogP contribution in [-0.2, 0) is 9.53 Å². The van der Waals surface area contributed by atoms with Crippen LogP contribution in [0.3, 0.4) is 0 Å². The molecule has 0 unspecified atom stereocenters. The molecular weight excluding hydrogens is 282 g/mol. The number of anilines is 1. The lowest BCUT2D eigenvalue weighted by molar-refractivity contribution is -0.111. The Labute approximate surface area is 128 Å².